The number of primary amides is 1. The second-order valence-electron chi connectivity index (χ2n) is 7.16. The van der Waals surface area contributed by atoms with Gasteiger partial charge < -0.3 is 16.4 Å². The molecule has 5 rings (SSSR count). The van der Waals surface area contributed by atoms with E-state index in [1.807, 2.05) is 30.3 Å². The minimum absolute atomic E-state index is 0.462. The molecule has 0 aliphatic carbocycles. The van der Waals surface area contributed by atoms with Crippen LogP contribution >= 0.6 is 11.5 Å². The lowest BCUT2D eigenvalue weighted by molar-refractivity contribution is 0.100. The number of hydrogen-bond donors (Lipinski definition) is 3. The zero-order valence-corrected chi connectivity index (χ0v) is 17.0. The number of rotatable bonds is 5. The Kier molecular flexibility index (Phi) is 4.76. The second-order valence-corrected chi connectivity index (χ2v) is 7.94. The number of carbonyl (C=O) groups is 1. The predicted octanol–water partition coefficient (Wildman–Crippen LogP) is 3.82. The Labute approximate surface area is 177 Å². The molecule has 4 N–H and O–H groups in total. The molecule has 4 aromatic rings. The molecule has 1 aliphatic heterocycles. The average Bonchev–Trinajstić information content (AvgIpc) is 3.22. The number of anilines is 2. The Morgan fingerprint density at radius 2 is 2.00 bits per heavy atom. The molecular formula is C22H20N6OS. The summed E-state index contributed by atoms with van der Waals surface area (Å²) in [7, 11) is 0. The van der Waals surface area contributed by atoms with E-state index in [2.05, 4.69) is 27.1 Å². The summed E-state index contributed by atoms with van der Waals surface area (Å²) in [6, 6.07) is 15.7. The minimum Gasteiger partial charge on any atom is -0.381 e. The molecule has 0 unspecified atom stereocenters. The van der Waals surface area contributed by atoms with Crippen LogP contribution in [0.5, 0.6) is 0 Å². The van der Waals surface area contributed by atoms with E-state index in [1.54, 1.807) is 6.07 Å². The van der Waals surface area contributed by atoms with Gasteiger partial charge in [-0.1, -0.05) is 42.5 Å². The highest BCUT2D eigenvalue weighted by atomic mass is 32.1. The number of amides is 1. The van der Waals surface area contributed by atoms with Gasteiger partial charge in [-0.05, 0) is 36.0 Å². The maximum absolute atomic E-state index is 11.8. The topological polar surface area (TPSA) is 106 Å². The first-order valence-corrected chi connectivity index (χ1v) is 10.6. The van der Waals surface area contributed by atoms with E-state index >= 15 is 0 Å². The maximum atomic E-state index is 11.8. The molecule has 0 fully saturated rings. The van der Waals surface area contributed by atoms with Crippen molar-refractivity contribution in [2.24, 2.45) is 5.73 Å². The molecule has 2 aromatic carbocycles. The smallest absolute Gasteiger partial charge is 0.250 e. The first-order valence-electron chi connectivity index (χ1n) is 9.82. The molecule has 8 heteroatoms. The number of nitrogens with two attached hydrogens (primary N) is 1. The van der Waals surface area contributed by atoms with Crippen molar-refractivity contribution in [3.05, 3.63) is 65.4 Å². The summed E-state index contributed by atoms with van der Waals surface area (Å²) in [5, 5.41) is 7.73. The molecule has 0 spiro atoms. The molecule has 0 saturated heterocycles. The Bertz CT molecular complexity index is 1240. The van der Waals surface area contributed by atoms with Gasteiger partial charge >= 0.3 is 0 Å². The van der Waals surface area contributed by atoms with E-state index < -0.39 is 5.91 Å². The van der Waals surface area contributed by atoms with Gasteiger partial charge in [0.1, 0.15) is 5.69 Å². The van der Waals surface area contributed by atoms with Crippen LogP contribution in [0, 0.1) is 0 Å². The second kappa shape index (κ2) is 7.72. The number of aryl methyl sites for hydroxylation is 1. The van der Waals surface area contributed by atoms with Crippen molar-refractivity contribution in [1.82, 2.24) is 14.3 Å². The van der Waals surface area contributed by atoms with E-state index in [0.29, 0.717) is 23.6 Å². The van der Waals surface area contributed by atoms with Gasteiger partial charge in [-0.3, -0.25) is 4.79 Å². The highest BCUT2D eigenvalue weighted by Gasteiger charge is 2.21. The summed E-state index contributed by atoms with van der Waals surface area (Å²) in [4.78, 5) is 21.4. The van der Waals surface area contributed by atoms with Crippen LogP contribution in [-0.2, 0) is 13.0 Å². The monoisotopic (exact) mass is 416 g/mol. The largest absolute Gasteiger partial charge is 0.381 e. The lowest BCUT2D eigenvalue weighted by Crippen LogP contribution is -2.17. The van der Waals surface area contributed by atoms with Crippen LogP contribution in [0.4, 0.5) is 11.5 Å². The van der Waals surface area contributed by atoms with E-state index in [4.69, 9.17) is 15.7 Å². The number of carbonyl (C=O) groups excluding carboxylic acids is 1. The third-order valence-corrected chi connectivity index (χ3v) is 6.05. The van der Waals surface area contributed by atoms with Gasteiger partial charge in [0.25, 0.3) is 0 Å². The van der Waals surface area contributed by atoms with Crippen molar-refractivity contribution in [2.75, 3.05) is 17.2 Å². The van der Waals surface area contributed by atoms with Crippen LogP contribution in [0.2, 0.25) is 0 Å². The van der Waals surface area contributed by atoms with Crippen LogP contribution in [0.25, 0.3) is 21.6 Å². The van der Waals surface area contributed by atoms with E-state index in [9.17, 15) is 4.79 Å². The molecule has 150 valence electrons. The summed E-state index contributed by atoms with van der Waals surface area (Å²) in [5.74, 6) is 0.864. The predicted molar refractivity (Wildman–Crippen MR) is 120 cm³/mol. The molecule has 30 heavy (non-hydrogen) atoms. The highest BCUT2D eigenvalue weighted by molar-refractivity contribution is 7.14. The Hall–Kier alpha value is -3.52. The molecule has 2 aromatic heterocycles. The fraction of sp³-hybridized carbons (Fsp3) is 0.182. The molecule has 0 atom stereocenters. The summed E-state index contributed by atoms with van der Waals surface area (Å²) in [6.07, 6.45) is 1.90. The number of benzene rings is 2. The average molecular weight is 417 g/mol. The van der Waals surface area contributed by atoms with Gasteiger partial charge in [0.15, 0.2) is 11.6 Å². The van der Waals surface area contributed by atoms with Crippen molar-refractivity contribution in [3.8, 4) is 11.5 Å². The zero-order chi connectivity index (χ0) is 20.5. The van der Waals surface area contributed by atoms with Gasteiger partial charge in [0.05, 0.1) is 21.6 Å². The van der Waals surface area contributed by atoms with Gasteiger partial charge in [-0.2, -0.15) is 4.37 Å². The van der Waals surface area contributed by atoms with Crippen LogP contribution < -0.4 is 16.4 Å². The first kappa shape index (κ1) is 18.5. The minimum atomic E-state index is -0.462. The summed E-state index contributed by atoms with van der Waals surface area (Å²) in [6.45, 7) is 1.56. The summed E-state index contributed by atoms with van der Waals surface area (Å²) in [5.41, 5.74) is 9.79. The third-order valence-electron chi connectivity index (χ3n) is 5.15. The van der Waals surface area contributed by atoms with Gasteiger partial charge in [-0.25, -0.2) is 9.97 Å². The van der Waals surface area contributed by atoms with Crippen LogP contribution in [-0.4, -0.2) is 26.8 Å². The Morgan fingerprint density at radius 1 is 1.13 bits per heavy atom. The molecule has 1 aliphatic rings. The normalized spacial score (nSPS) is 12.9. The number of hydrogen-bond acceptors (Lipinski definition) is 7. The van der Waals surface area contributed by atoms with Crippen LogP contribution in [0.15, 0.2) is 48.5 Å². The van der Waals surface area contributed by atoms with Crippen molar-refractivity contribution in [1.29, 1.82) is 0 Å². The molecule has 0 bridgehead atoms. The molecular weight excluding hydrogens is 396 g/mol. The van der Waals surface area contributed by atoms with Crippen molar-refractivity contribution in [3.63, 3.8) is 0 Å². The molecule has 0 radical (unpaired) electrons. The fourth-order valence-electron chi connectivity index (χ4n) is 3.68. The third kappa shape index (κ3) is 3.35. The molecule has 3 heterocycles. The summed E-state index contributed by atoms with van der Waals surface area (Å²) < 4.78 is 5.34. The van der Waals surface area contributed by atoms with Gasteiger partial charge in [0, 0.05) is 18.5 Å². The molecule has 7 nitrogen and oxygen atoms in total. The summed E-state index contributed by atoms with van der Waals surface area (Å²) >= 11 is 1.25. The van der Waals surface area contributed by atoms with Gasteiger partial charge in [0.2, 0.25) is 5.91 Å². The Morgan fingerprint density at radius 3 is 2.83 bits per heavy atom. The van der Waals surface area contributed by atoms with Crippen LogP contribution in [0.3, 0.4) is 0 Å². The van der Waals surface area contributed by atoms with E-state index in [-0.39, 0.29) is 0 Å². The van der Waals surface area contributed by atoms with E-state index in [1.165, 1.54) is 17.1 Å². The fourth-order valence-corrected chi connectivity index (χ4v) is 4.57. The highest BCUT2D eigenvalue weighted by Crippen LogP contribution is 2.35. The SMILES string of the molecule is NC(=O)c1cccc2c(-c3nc4c(c(NCc5ccccc5)n3)NCCC4)nsc12. The Balaban J connectivity index is 1.58. The maximum Gasteiger partial charge on any atom is 0.250 e. The van der Waals surface area contributed by atoms with Crippen molar-refractivity contribution in [2.45, 2.75) is 19.4 Å². The standard InChI is InChI=1S/C22H20N6OS/c23-20(29)15-9-4-8-14-17(28-30-19(14)15)22-26-16-10-5-11-24-18(16)21(27-22)25-12-13-6-2-1-3-7-13/h1-4,6-9,24H,5,10-12H2,(H2,23,29)(H,25,26,27). The first-order chi connectivity index (χ1) is 14.7. The van der Waals surface area contributed by atoms with Crippen molar-refractivity contribution < 1.29 is 4.79 Å². The number of aromatic nitrogens is 3. The quantitative estimate of drug-likeness (QED) is 0.457. The number of fused-ring (bicyclic) bond motifs is 2. The van der Waals surface area contributed by atoms with E-state index in [0.717, 1.165) is 46.7 Å². The van der Waals surface area contributed by atoms with Crippen molar-refractivity contribution >= 4 is 39.0 Å². The molecule has 1 amide bonds. The zero-order valence-electron chi connectivity index (χ0n) is 16.2. The lowest BCUT2D eigenvalue weighted by Gasteiger charge is -2.21. The molecule has 0 saturated carbocycles. The number of nitrogens with one attached hydrogen (secondary N) is 2. The van der Waals surface area contributed by atoms with Crippen LogP contribution in [0.1, 0.15) is 28.0 Å². The van der Waals surface area contributed by atoms with Gasteiger partial charge in [-0.15, -0.1) is 0 Å². The number of nitrogens with zero attached hydrogens (tertiary/aromatic N) is 3. The lowest BCUT2D eigenvalue weighted by atomic mass is 10.1.